The molecule has 5 nitrogen and oxygen atoms in total. The normalized spacial score (nSPS) is 11.4. The molecule has 2 rings (SSSR count). The van der Waals surface area contributed by atoms with Crippen molar-refractivity contribution in [3.05, 3.63) is 54.1 Å². The van der Waals surface area contributed by atoms with Gasteiger partial charge in [0.05, 0.1) is 20.3 Å². The van der Waals surface area contributed by atoms with Crippen molar-refractivity contribution in [2.24, 2.45) is 0 Å². The largest absolute Gasteiger partial charge is 0.497 e. The molecule has 0 aliphatic carbocycles. The highest BCUT2D eigenvalue weighted by Gasteiger charge is 2.10. The van der Waals surface area contributed by atoms with Gasteiger partial charge in [0, 0.05) is 0 Å². The first-order valence-corrected chi connectivity index (χ1v) is 7.32. The molecular weight excluding hydrogens is 294 g/mol. The van der Waals surface area contributed by atoms with Crippen molar-refractivity contribution < 1.29 is 19.0 Å². The van der Waals surface area contributed by atoms with Crippen LogP contribution in [-0.2, 0) is 4.79 Å². The summed E-state index contributed by atoms with van der Waals surface area (Å²) in [4.78, 5) is 12.0. The Balaban J connectivity index is 1.83. The van der Waals surface area contributed by atoms with Gasteiger partial charge in [-0.05, 0) is 48.9 Å². The third kappa shape index (κ3) is 4.92. The minimum Gasteiger partial charge on any atom is -0.497 e. The Labute approximate surface area is 136 Å². The Bertz CT molecular complexity index is 622. The van der Waals surface area contributed by atoms with Gasteiger partial charge < -0.3 is 19.5 Å². The molecule has 23 heavy (non-hydrogen) atoms. The standard InChI is InChI=1S/C18H21NO4/c1-13(14-4-6-15(21-2)7-5-14)19-18(20)12-23-17-10-8-16(22-3)9-11-17/h4-11,13H,12H2,1-3H3,(H,19,20)/t13-/m0/s1. The van der Waals surface area contributed by atoms with Crippen molar-refractivity contribution >= 4 is 5.91 Å². The maximum Gasteiger partial charge on any atom is 0.258 e. The predicted octanol–water partition coefficient (Wildman–Crippen LogP) is 2.96. The van der Waals surface area contributed by atoms with E-state index in [9.17, 15) is 4.79 Å². The van der Waals surface area contributed by atoms with Crippen molar-refractivity contribution in [3.8, 4) is 17.2 Å². The number of methoxy groups -OCH3 is 2. The molecule has 0 bridgehead atoms. The molecule has 1 amide bonds. The lowest BCUT2D eigenvalue weighted by Gasteiger charge is -2.15. The molecule has 2 aromatic carbocycles. The Morgan fingerprint density at radius 1 is 0.913 bits per heavy atom. The molecule has 0 radical (unpaired) electrons. The van der Waals surface area contributed by atoms with Gasteiger partial charge in [0.1, 0.15) is 17.2 Å². The van der Waals surface area contributed by atoms with Crippen LogP contribution in [0.4, 0.5) is 0 Å². The van der Waals surface area contributed by atoms with Crippen LogP contribution >= 0.6 is 0 Å². The van der Waals surface area contributed by atoms with Crippen LogP contribution in [0.2, 0.25) is 0 Å². The number of nitrogens with one attached hydrogen (secondary N) is 1. The second-order valence-corrected chi connectivity index (χ2v) is 5.03. The fraction of sp³-hybridized carbons (Fsp3) is 0.278. The van der Waals surface area contributed by atoms with E-state index in [1.54, 1.807) is 38.5 Å². The van der Waals surface area contributed by atoms with E-state index in [0.717, 1.165) is 17.1 Å². The van der Waals surface area contributed by atoms with E-state index in [4.69, 9.17) is 14.2 Å². The molecule has 0 aromatic heterocycles. The number of carbonyl (C=O) groups excluding carboxylic acids is 1. The minimum absolute atomic E-state index is 0.0349. The van der Waals surface area contributed by atoms with Gasteiger partial charge in [-0.1, -0.05) is 12.1 Å². The molecule has 0 aliphatic rings. The summed E-state index contributed by atoms with van der Waals surface area (Å²) in [6, 6.07) is 14.6. The van der Waals surface area contributed by atoms with Crippen LogP contribution in [0.3, 0.4) is 0 Å². The van der Waals surface area contributed by atoms with Crippen molar-refractivity contribution in [2.45, 2.75) is 13.0 Å². The third-order valence-corrected chi connectivity index (χ3v) is 3.42. The van der Waals surface area contributed by atoms with Crippen molar-refractivity contribution in [1.29, 1.82) is 0 Å². The number of ether oxygens (including phenoxy) is 3. The quantitative estimate of drug-likeness (QED) is 0.853. The summed E-state index contributed by atoms with van der Waals surface area (Å²) in [6.45, 7) is 1.89. The molecule has 1 N–H and O–H groups in total. The zero-order valence-electron chi connectivity index (χ0n) is 13.5. The molecular formula is C18H21NO4. The first-order valence-electron chi connectivity index (χ1n) is 7.32. The van der Waals surface area contributed by atoms with E-state index in [1.807, 2.05) is 31.2 Å². The van der Waals surface area contributed by atoms with E-state index >= 15 is 0 Å². The summed E-state index contributed by atoms with van der Waals surface area (Å²) < 4.78 is 15.6. The van der Waals surface area contributed by atoms with E-state index in [2.05, 4.69) is 5.32 Å². The molecule has 0 fully saturated rings. The molecule has 0 unspecified atom stereocenters. The SMILES string of the molecule is COc1ccc(OCC(=O)N[C@@H](C)c2ccc(OC)cc2)cc1. The topological polar surface area (TPSA) is 56.8 Å². The van der Waals surface area contributed by atoms with Gasteiger partial charge in [-0.15, -0.1) is 0 Å². The number of rotatable bonds is 7. The molecule has 1 atom stereocenters. The summed E-state index contributed by atoms with van der Waals surface area (Å²) in [5, 5.41) is 2.90. The maximum atomic E-state index is 12.0. The van der Waals surface area contributed by atoms with Gasteiger partial charge >= 0.3 is 0 Å². The molecule has 0 saturated heterocycles. The number of hydrogen-bond acceptors (Lipinski definition) is 4. The predicted molar refractivity (Wildman–Crippen MR) is 88.0 cm³/mol. The molecule has 0 aliphatic heterocycles. The van der Waals surface area contributed by atoms with Gasteiger partial charge in [0.25, 0.3) is 5.91 Å². The number of hydrogen-bond donors (Lipinski definition) is 1. The van der Waals surface area contributed by atoms with Crippen LogP contribution in [0.5, 0.6) is 17.2 Å². The molecule has 122 valence electrons. The van der Waals surface area contributed by atoms with E-state index < -0.39 is 0 Å². The van der Waals surface area contributed by atoms with Crippen molar-refractivity contribution in [2.75, 3.05) is 20.8 Å². The number of carbonyl (C=O) groups is 1. The van der Waals surface area contributed by atoms with Crippen LogP contribution in [0.1, 0.15) is 18.5 Å². The van der Waals surface area contributed by atoms with E-state index in [1.165, 1.54) is 0 Å². The van der Waals surface area contributed by atoms with Crippen LogP contribution in [-0.4, -0.2) is 26.7 Å². The minimum atomic E-state index is -0.177. The van der Waals surface area contributed by atoms with Crippen LogP contribution < -0.4 is 19.5 Å². The first kappa shape index (κ1) is 16.7. The molecule has 2 aromatic rings. The maximum absolute atomic E-state index is 12.0. The summed E-state index contributed by atoms with van der Waals surface area (Å²) in [7, 11) is 3.22. The fourth-order valence-electron chi connectivity index (χ4n) is 2.08. The summed E-state index contributed by atoms with van der Waals surface area (Å²) in [5.74, 6) is 1.98. The highest BCUT2D eigenvalue weighted by molar-refractivity contribution is 5.78. The second-order valence-electron chi connectivity index (χ2n) is 5.03. The van der Waals surface area contributed by atoms with Gasteiger partial charge in [-0.3, -0.25) is 4.79 Å². The second kappa shape index (κ2) is 8.08. The fourth-order valence-corrected chi connectivity index (χ4v) is 2.08. The first-order chi connectivity index (χ1) is 11.1. The molecule has 0 saturated carbocycles. The van der Waals surface area contributed by atoms with E-state index in [-0.39, 0.29) is 18.6 Å². The zero-order valence-corrected chi connectivity index (χ0v) is 13.5. The Morgan fingerprint density at radius 2 is 1.39 bits per heavy atom. The van der Waals surface area contributed by atoms with Crippen LogP contribution in [0, 0.1) is 0 Å². The summed E-state index contributed by atoms with van der Waals surface area (Å²) in [6.07, 6.45) is 0. The Hall–Kier alpha value is -2.69. The summed E-state index contributed by atoms with van der Waals surface area (Å²) >= 11 is 0. The smallest absolute Gasteiger partial charge is 0.258 e. The highest BCUT2D eigenvalue weighted by atomic mass is 16.5. The Morgan fingerprint density at radius 3 is 1.91 bits per heavy atom. The lowest BCUT2D eigenvalue weighted by Crippen LogP contribution is -2.31. The summed E-state index contributed by atoms with van der Waals surface area (Å²) in [5.41, 5.74) is 1.00. The monoisotopic (exact) mass is 315 g/mol. The number of benzene rings is 2. The zero-order chi connectivity index (χ0) is 16.7. The Kier molecular flexibility index (Phi) is 5.86. The molecule has 0 spiro atoms. The van der Waals surface area contributed by atoms with E-state index in [0.29, 0.717) is 5.75 Å². The average Bonchev–Trinajstić information content (AvgIpc) is 2.60. The molecule has 5 heteroatoms. The van der Waals surface area contributed by atoms with Gasteiger partial charge in [-0.2, -0.15) is 0 Å². The van der Waals surface area contributed by atoms with Gasteiger partial charge in [-0.25, -0.2) is 0 Å². The van der Waals surface area contributed by atoms with Crippen LogP contribution in [0.25, 0.3) is 0 Å². The number of amides is 1. The van der Waals surface area contributed by atoms with Gasteiger partial charge in [0.2, 0.25) is 0 Å². The van der Waals surface area contributed by atoms with Crippen molar-refractivity contribution in [1.82, 2.24) is 5.32 Å². The highest BCUT2D eigenvalue weighted by Crippen LogP contribution is 2.18. The van der Waals surface area contributed by atoms with Gasteiger partial charge in [0.15, 0.2) is 6.61 Å². The van der Waals surface area contributed by atoms with Crippen molar-refractivity contribution in [3.63, 3.8) is 0 Å². The third-order valence-electron chi connectivity index (χ3n) is 3.42. The average molecular weight is 315 g/mol. The lowest BCUT2D eigenvalue weighted by molar-refractivity contribution is -0.123. The van der Waals surface area contributed by atoms with Crippen LogP contribution in [0.15, 0.2) is 48.5 Å². The lowest BCUT2D eigenvalue weighted by atomic mass is 10.1. The molecule has 0 heterocycles.